The first-order valence-electron chi connectivity index (χ1n) is 8.24. The Balaban J connectivity index is 2.44. The van der Waals surface area contributed by atoms with Gasteiger partial charge in [-0.1, -0.05) is 39.0 Å². The molecule has 0 unspecified atom stereocenters. The molecule has 0 aliphatic carbocycles. The van der Waals surface area contributed by atoms with Crippen molar-refractivity contribution in [3.8, 4) is 0 Å². The number of hydrogen-bond donors (Lipinski definition) is 5. The molecule has 0 spiro atoms. The summed E-state index contributed by atoms with van der Waals surface area (Å²) in [6, 6.07) is -0.744. The highest BCUT2D eigenvalue weighted by Gasteiger charge is 2.41. The van der Waals surface area contributed by atoms with E-state index >= 15 is 0 Å². The Bertz CT molecular complexity index is 341. The van der Waals surface area contributed by atoms with Gasteiger partial charge in [0.1, 0.15) is 18.3 Å². The molecular formula is C15H31N3O4. The molecule has 7 nitrogen and oxygen atoms in total. The number of hydrogen-bond acceptors (Lipinski definition) is 5. The second-order valence-electron chi connectivity index (χ2n) is 5.96. The molecule has 4 atom stereocenters. The Kier molecular flexibility index (Phi) is 8.70. The fraction of sp³-hybridized carbons (Fsp3) is 0.933. The maximum atomic E-state index is 9.90. The average molecular weight is 317 g/mol. The zero-order valence-corrected chi connectivity index (χ0v) is 13.4. The summed E-state index contributed by atoms with van der Waals surface area (Å²) in [5.74, 6) is 0.192. The fourth-order valence-corrected chi connectivity index (χ4v) is 2.73. The molecule has 1 rings (SSSR count). The molecule has 6 N–H and O–H groups in total. The van der Waals surface area contributed by atoms with Gasteiger partial charge in [0, 0.05) is 13.1 Å². The molecule has 7 heteroatoms. The van der Waals surface area contributed by atoms with Gasteiger partial charge in [0.15, 0.2) is 5.96 Å². The van der Waals surface area contributed by atoms with Gasteiger partial charge in [-0.15, -0.1) is 0 Å². The maximum Gasteiger partial charge on any atom is 0.191 e. The van der Waals surface area contributed by atoms with Crippen molar-refractivity contribution >= 4 is 5.96 Å². The normalized spacial score (nSPS) is 29.9. The number of piperidine rings is 1. The summed E-state index contributed by atoms with van der Waals surface area (Å²) < 4.78 is 0. The number of nitrogens with zero attached hydrogens (tertiary/aromatic N) is 2. The number of rotatable bonds is 8. The largest absolute Gasteiger partial charge is 0.394 e. The SMILES string of the molecule is CCCCCCCCN=C(N)N1C[C@H](O)[C@@H](O)[C@@H](O)[C@H]1CO. The van der Waals surface area contributed by atoms with Crippen LogP contribution in [0, 0.1) is 0 Å². The summed E-state index contributed by atoms with van der Waals surface area (Å²) in [7, 11) is 0. The second kappa shape index (κ2) is 9.99. The van der Waals surface area contributed by atoms with E-state index in [4.69, 9.17) is 5.73 Å². The van der Waals surface area contributed by atoms with E-state index in [0.717, 1.165) is 12.8 Å². The molecule has 1 aliphatic heterocycles. The van der Waals surface area contributed by atoms with Crippen molar-refractivity contribution in [1.29, 1.82) is 0 Å². The van der Waals surface area contributed by atoms with Gasteiger partial charge < -0.3 is 31.1 Å². The summed E-state index contributed by atoms with van der Waals surface area (Å²) in [6.07, 6.45) is 3.31. The second-order valence-corrected chi connectivity index (χ2v) is 5.96. The number of aliphatic hydroxyl groups excluding tert-OH is 4. The highest BCUT2D eigenvalue weighted by atomic mass is 16.4. The maximum absolute atomic E-state index is 9.90. The van der Waals surface area contributed by atoms with Gasteiger partial charge in [-0.2, -0.15) is 0 Å². The average Bonchev–Trinajstić information content (AvgIpc) is 2.51. The summed E-state index contributed by atoms with van der Waals surface area (Å²) in [5, 5.41) is 38.6. The van der Waals surface area contributed by atoms with Crippen LogP contribution >= 0.6 is 0 Å². The van der Waals surface area contributed by atoms with E-state index < -0.39 is 24.4 Å². The number of β-amino-alcohol motifs (C(OH)–C–C–N with tert-alkyl or cyclic N) is 1. The molecule has 0 aromatic carbocycles. The Hall–Kier alpha value is -0.890. The third-order valence-electron chi connectivity index (χ3n) is 4.19. The minimum Gasteiger partial charge on any atom is -0.394 e. The van der Waals surface area contributed by atoms with Gasteiger partial charge in [-0.25, -0.2) is 0 Å². The van der Waals surface area contributed by atoms with Gasteiger partial charge in [-0.05, 0) is 6.42 Å². The minimum absolute atomic E-state index is 0.0509. The predicted molar refractivity (Wildman–Crippen MR) is 85.5 cm³/mol. The Morgan fingerprint density at radius 3 is 2.36 bits per heavy atom. The third kappa shape index (κ3) is 5.39. The summed E-state index contributed by atoms with van der Waals surface area (Å²) in [4.78, 5) is 5.73. The van der Waals surface area contributed by atoms with Gasteiger partial charge in [0.2, 0.25) is 0 Å². The van der Waals surface area contributed by atoms with Crippen LogP contribution in [-0.2, 0) is 0 Å². The summed E-state index contributed by atoms with van der Waals surface area (Å²) >= 11 is 0. The first kappa shape index (κ1) is 19.2. The zero-order chi connectivity index (χ0) is 16.5. The monoisotopic (exact) mass is 317 g/mol. The molecule has 1 heterocycles. The lowest BCUT2D eigenvalue weighted by atomic mass is 9.94. The van der Waals surface area contributed by atoms with Gasteiger partial charge in [-0.3, -0.25) is 4.99 Å². The number of aliphatic hydroxyl groups is 4. The molecule has 0 radical (unpaired) electrons. The number of unbranched alkanes of at least 4 members (excludes halogenated alkanes) is 5. The van der Waals surface area contributed by atoms with Crippen LogP contribution in [0.3, 0.4) is 0 Å². The van der Waals surface area contributed by atoms with E-state index in [0.29, 0.717) is 6.54 Å². The van der Waals surface area contributed by atoms with E-state index in [1.807, 2.05) is 0 Å². The van der Waals surface area contributed by atoms with Crippen LogP contribution in [0.4, 0.5) is 0 Å². The molecule has 0 saturated carbocycles. The molecule has 0 bridgehead atoms. The standard InChI is InChI=1S/C15H31N3O4/c1-2-3-4-5-6-7-8-17-15(16)18-9-12(20)14(22)13(21)11(18)10-19/h11-14,19-22H,2-10H2,1H3,(H2,16,17)/t11-,12+,13+,14-/m1/s1. The molecule has 0 aromatic heterocycles. The topological polar surface area (TPSA) is 123 Å². The number of likely N-dealkylation sites (tertiary alicyclic amines) is 1. The Morgan fingerprint density at radius 2 is 1.73 bits per heavy atom. The smallest absolute Gasteiger partial charge is 0.191 e. The first-order chi connectivity index (χ1) is 10.5. The fourth-order valence-electron chi connectivity index (χ4n) is 2.73. The van der Waals surface area contributed by atoms with Crippen molar-refractivity contribution in [3.05, 3.63) is 0 Å². The van der Waals surface area contributed by atoms with Crippen molar-refractivity contribution in [1.82, 2.24) is 4.90 Å². The summed E-state index contributed by atoms with van der Waals surface area (Å²) in [6.45, 7) is 2.45. The van der Waals surface area contributed by atoms with Crippen LogP contribution in [0.15, 0.2) is 4.99 Å². The van der Waals surface area contributed by atoms with Crippen molar-refractivity contribution in [2.24, 2.45) is 10.7 Å². The van der Waals surface area contributed by atoms with Crippen molar-refractivity contribution < 1.29 is 20.4 Å². The number of nitrogens with two attached hydrogens (primary N) is 1. The molecular weight excluding hydrogens is 286 g/mol. The van der Waals surface area contributed by atoms with Crippen LogP contribution in [0.25, 0.3) is 0 Å². The van der Waals surface area contributed by atoms with Crippen LogP contribution in [-0.4, -0.2) is 75.3 Å². The molecule has 130 valence electrons. The van der Waals surface area contributed by atoms with Crippen LogP contribution in [0.2, 0.25) is 0 Å². The van der Waals surface area contributed by atoms with Crippen molar-refractivity contribution in [2.75, 3.05) is 19.7 Å². The molecule has 1 fully saturated rings. The van der Waals surface area contributed by atoms with E-state index in [9.17, 15) is 20.4 Å². The minimum atomic E-state index is -1.28. The number of aliphatic imine (C=N–C) groups is 1. The van der Waals surface area contributed by atoms with Gasteiger partial charge >= 0.3 is 0 Å². The van der Waals surface area contributed by atoms with Crippen LogP contribution in [0.1, 0.15) is 45.4 Å². The lowest BCUT2D eigenvalue weighted by Crippen LogP contribution is -2.65. The van der Waals surface area contributed by atoms with E-state index in [1.165, 1.54) is 30.6 Å². The highest BCUT2D eigenvalue weighted by molar-refractivity contribution is 5.78. The van der Waals surface area contributed by atoms with Crippen LogP contribution < -0.4 is 5.73 Å². The molecule has 1 saturated heterocycles. The summed E-state index contributed by atoms with van der Waals surface area (Å²) in [5.41, 5.74) is 5.91. The van der Waals surface area contributed by atoms with Crippen molar-refractivity contribution in [3.63, 3.8) is 0 Å². The Labute approximate surface area is 132 Å². The Morgan fingerprint density at radius 1 is 1.09 bits per heavy atom. The van der Waals surface area contributed by atoms with Gasteiger partial charge in [0.05, 0.1) is 12.6 Å². The predicted octanol–water partition coefficient (Wildman–Crippen LogP) is -0.579. The molecule has 0 amide bonds. The molecule has 22 heavy (non-hydrogen) atoms. The first-order valence-corrected chi connectivity index (χ1v) is 8.24. The molecule has 1 aliphatic rings. The number of guanidine groups is 1. The lowest BCUT2D eigenvalue weighted by Gasteiger charge is -2.43. The van der Waals surface area contributed by atoms with Crippen molar-refractivity contribution in [2.45, 2.75) is 69.8 Å². The van der Waals surface area contributed by atoms with Crippen LogP contribution in [0.5, 0.6) is 0 Å². The van der Waals surface area contributed by atoms with E-state index in [2.05, 4.69) is 11.9 Å². The van der Waals surface area contributed by atoms with E-state index in [-0.39, 0.29) is 19.1 Å². The lowest BCUT2D eigenvalue weighted by molar-refractivity contribution is -0.128. The molecule has 0 aromatic rings. The van der Waals surface area contributed by atoms with E-state index in [1.54, 1.807) is 0 Å². The quantitative estimate of drug-likeness (QED) is 0.232. The van der Waals surface area contributed by atoms with Gasteiger partial charge in [0.25, 0.3) is 0 Å². The zero-order valence-electron chi connectivity index (χ0n) is 13.4. The third-order valence-corrected chi connectivity index (χ3v) is 4.19. The highest BCUT2D eigenvalue weighted by Crippen LogP contribution is 2.18.